The molecule has 0 spiro atoms. The zero-order valence-corrected chi connectivity index (χ0v) is 11.7. The van der Waals surface area contributed by atoms with Crippen LogP contribution in [0.1, 0.15) is 37.3 Å². The minimum absolute atomic E-state index is 0.226. The number of nitrogens with zero attached hydrogens (tertiary/aromatic N) is 1. The van der Waals surface area contributed by atoms with Crippen LogP contribution in [0.15, 0.2) is 30.3 Å². The summed E-state index contributed by atoms with van der Waals surface area (Å²) < 4.78 is 0. The number of hydrogen-bond acceptors (Lipinski definition) is 2. The van der Waals surface area contributed by atoms with Crippen LogP contribution in [0.25, 0.3) is 10.8 Å². The molecular weight excluding hydrogens is 250 g/mol. The summed E-state index contributed by atoms with van der Waals surface area (Å²) in [4.78, 5) is 10.9. The molecule has 2 unspecified atom stereocenters. The van der Waals surface area contributed by atoms with E-state index >= 15 is 0 Å². The normalized spacial score (nSPS) is 25.9. The van der Waals surface area contributed by atoms with Crippen molar-refractivity contribution in [2.45, 2.75) is 32.6 Å². The maximum absolute atomic E-state index is 11.2. The van der Waals surface area contributed by atoms with Crippen LogP contribution in [0.4, 0.5) is 5.69 Å². The summed E-state index contributed by atoms with van der Waals surface area (Å²) >= 11 is 0. The highest BCUT2D eigenvalue weighted by atomic mass is 16.6. The first-order valence-corrected chi connectivity index (χ1v) is 7.19. The van der Waals surface area contributed by atoms with Crippen LogP contribution in [0.3, 0.4) is 0 Å². The second-order valence-corrected chi connectivity index (χ2v) is 6.77. The Morgan fingerprint density at radius 1 is 1.20 bits per heavy atom. The monoisotopic (exact) mass is 267 g/mol. The smallest absolute Gasteiger partial charge is 0.258 e. The van der Waals surface area contributed by atoms with Crippen molar-refractivity contribution in [1.29, 1.82) is 0 Å². The number of fused-ring (bicyclic) bond motifs is 1. The van der Waals surface area contributed by atoms with Crippen LogP contribution < -0.4 is 0 Å². The van der Waals surface area contributed by atoms with E-state index in [0.717, 1.165) is 23.1 Å². The van der Waals surface area contributed by atoms with Gasteiger partial charge in [-0.2, -0.15) is 0 Å². The van der Waals surface area contributed by atoms with Gasteiger partial charge in [0.25, 0.3) is 5.69 Å². The third kappa shape index (κ3) is 1.30. The summed E-state index contributed by atoms with van der Waals surface area (Å²) in [6.45, 7) is 4.71. The van der Waals surface area contributed by atoms with E-state index in [1.165, 1.54) is 17.5 Å². The van der Waals surface area contributed by atoms with E-state index in [4.69, 9.17) is 0 Å². The molecular formula is C17H17NO2. The Morgan fingerprint density at radius 2 is 2.00 bits per heavy atom. The Morgan fingerprint density at radius 3 is 2.70 bits per heavy atom. The molecule has 2 aromatic carbocycles. The van der Waals surface area contributed by atoms with Gasteiger partial charge in [0.2, 0.25) is 0 Å². The van der Waals surface area contributed by atoms with Gasteiger partial charge >= 0.3 is 0 Å². The van der Waals surface area contributed by atoms with Gasteiger partial charge in [0, 0.05) is 6.07 Å². The third-order valence-electron chi connectivity index (χ3n) is 5.68. The molecule has 3 heteroatoms. The fourth-order valence-electron chi connectivity index (χ4n) is 4.27. The first-order chi connectivity index (χ1) is 9.50. The maximum Gasteiger partial charge on any atom is 0.277 e. The van der Waals surface area contributed by atoms with Crippen LogP contribution in [0.5, 0.6) is 0 Å². The van der Waals surface area contributed by atoms with E-state index in [0.29, 0.717) is 11.3 Å². The highest BCUT2D eigenvalue weighted by Crippen LogP contribution is 2.62. The van der Waals surface area contributed by atoms with E-state index in [-0.39, 0.29) is 10.6 Å². The molecule has 0 radical (unpaired) electrons. The molecule has 0 saturated heterocycles. The molecule has 0 N–H and O–H groups in total. The Balaban J connectivity index is 1.99. The standard InChI is InChI=1S/C17H17NO2/c1-17(2)10-8-14-11-4-3-5-16(18(19)20)13(11)7-6-12(14)15(17)9-10/h3-7,10,15H,8-9H2,1-2H3. The average molecular weight is 267 g/mol. The van der Waals surface area contributed by atoms with Crippen molar-refractivity contribution >= 4 is 16.5 Å². The molecule has 102 valence electrons. The summed E-state index contributed by atoms with van der Waals surface area (Å²) in [7, 11) is 0. The zero-order chi connectivity index (χ0) is 14.1. The maximum atomic E-state index is 11.2. The van der Waals surface area contributed by atoms with Gasteiger partial charge in [-0.05, 0) is 52.7 Å². The molecule has 5 rings (SSSR count). The molecule has 2 aromatic rings. The van der Waals surface area contributed by atoms with Gasteiger partial charge in [-0.25, -0.2) is 0 Å². The van der Waals surface area contributed by atoms with E-state index in [1.807, 2.05) is 18.2 Å². The van der Waals surface area contributed by atoms with Gasteiger partial charge in [-0.1, -0.05) is 32.0 Å². The summed E-state index contributed by atoms with van der Waals surface area (Å²) in [6.07, 6.45) is 2.35. The van der Waals surface area contributed by atoms with Crippen LogP contribution in [0.2, 0.25) is 0 Å². The quantitative estimate of drug-likeness (QED) is 0.566. The number of rotatable bonds is 1. The highest BCUT2D eigenvalue weighted by molar-refractivity contribution is 5.94. The van der Waals surface area contributed by atoms with Crippen molar-refractivity contribution in [1.82, 2.24) is 0 Å². The molecule has 1 fully saturated rings. The van der Waals surface area contributed by atoms with E-state index in [9.17, 15) is 10.1 Å². The van der Waals surface area contributed by atoms with E-state index in [2.05, 4.69) is 19.9 Å². The van der Waals surface area contributed by atoms with Gasteiger partial charge in [0.05, 0.1) is 10.3 Å². The van der Waals surface area contributed by atoms with Gasteiger partial charge in [0.1, 0.15) is 0 Å². The summed E-state index contributed by atoms with van der Waals surface area (Å²) in [5.41, 5.74) is 3.39. The molecule has 0 aliphatic heterocycles. The van der Waals surface area contributed by atoms with Crippen molar-refractivity contribution in [2.75, 3.05) is 0 Å². The highest BCUT2D eigenvalue weighted by Gasteiger charge is 2.52. The third-order valence-corrected chi connectivity index (χ3v) is 5.68. The molecule has 2 bridgehead atoms. The second-order valence-electron chi connectivity index (χ2n) is 6.77. The second kappa shape index (κ2) is 3.60. The Bertz CT molecular complexity index is 748. The lowest BCUT2D eigenvalue weighted by molar-refractivity contribution is -0.383. The molecule has 0 amide bonds. The Kier molecular flexibility index (Phi) is 2.14. The van der Waals surface area contributed by atoms with Gasteiger partial charge < -0.3 is 0 Å². The zero-order valence-electron chi connectivity index (χ0n) is 11.7. The minimum atomic E-state index is -0.276. The lowest BCUT2D eigenvalue weighted by atomic mass is 9.47. The number of benzene rings is 2. The van der Waals surface area contributed by atoms with Crippen molar-refractivity contribution in [2.24, 2.45) is 11.3 Å². The van der Waals surface area contributed by atoms with E-state index in [1.54, 1.807) is 6.07 Å². The molecule has 3 aliphatic carbocycles. The average Bonchev–Trinajstić information content (AvgIpc) is 2.45. The minimum Gasteiger partial charge on any atom is -0.258 e. The lowest BCUT2D eigenvalue weighted by Crippen LogP contribution is -2.48. The molecule has 1 saturated carbocycles. The molecule has 3 aliphatic rings. The van der Waals surface area contributed by atoms with Crippen LogP contribution in [0, 0.1) is 21.4 Å². The molecule has 3 nitrogen and oxygen atoms in total. The SMILES string of the molecule is CC1(C)C2Cc3c(ccc4c([N+](=O)[O-])cccc34)C1C2. The summed E-state index contributed by atoms with van der Waals surface area (Å²) in [5, 5.41) is 13.0. The Labute approximate surface area is 117 Å². The van der Waals surface area contributed by atoms with Crippen LogP contribution in [-0.2, 0) is 6.42 Å². The molecule has 0 aromatic heterocycles. The fraction of sp³-hybridized carbons (Fsp3) is 0.412. The van der Waals surface area contributed by atoms with Gasteiger partial charge in [-0.15, -0.1) is 0 Å². The number of nitro benzene ring substituents is 1. The molecule has 0 heterocycles. The van der Waals surface area contributed by atoms with Crippen molar-refractivity contribution in [3.63, 3.8) is 0 Å². The summed E-state index contributed by atoms with van der Waals surface area (Å²) in [5.74, 6) is 1.35. The largest absolute Gasteiger partial charge is 0.277 e. The number of hydrogen-bond donors (Lipinski definition) is 0. The Hall–Kier alpha value is -1.90. The van der Waals surface area contributed by atoms with Crippen molar-refractivity contribution in [3.8, 4) is 0 Å². The fourth-order valence-corrected chi connectivity index (χ4v) is 4.27. The topological polar surface area (TPSA) is 43.1 Å². The first-order valence-electron chi connectivity index (χ1n) is 7.19. The number of non-ortho nitro benzene ring substituents is 1. The first kappa shape index (κ1) is 11.9. The molecule has 20 heavy (non-hydrogen) atoms. The van der Waals surface area contributed by atoms with Crippen molar-refractivity contribution < 1.29 is 4.92 Å². The van der Waals surface area contributed by atoms with Crippen LogP contribution >= 0.6 is 0 Å². The lowest BCUT2D eigenvalue weighted by Gasteiger charge is -2.57. The van der Waals surface area contributed by atoms with Crippen LogP contribution in [-0.4, -0.2) is 4.92 Å². The van der Waals surface area contributed by atoms with Gasteiger partial charge in [-0.3, -0.25) is 10.1 Å². The number of nitro groups is 1. The van der Waals surface area contributed by atoms with Gasteiger partial charge in [0.15, 0.2) is 0 Å². The van der Waals surface area contributed by atoms with E-state index < -0.39 is 0 Å². The predicted molar refractivity (Wildman–Crippen MR) is 78.9 cm³/mol. The summed E-state index contributed by atoms with van der Waals surface area (Å²) in [6, 6.07) is 9.53. The van der Waals surface area contributed by atoms with Crippen molar-refractivity contribution in [3.05, 3.63) is 51.6 Å². The predicted octanol–water partition coefficient (Wildman–Crippen LogP) is 4.43. The molecule has 2 atom stereocenters.